The molecule has 1 rings (SSSR count). The van der Waals surface area contributed by atoms with E-state index < -0.39 is 0 Å². The van der Waals surface area contributed by atoms with Crippen LogP contribution in [-0.2, 0) is 4.79 Å². The highest BCUT2D eigenvalue weighted by atomic mass is 16.3. The van der Waals surface area contributed by atoms with Gasteiger partial charge in [0.25, 0.3) is 0 Å². The third-order valence-electron chi connectivity index (χ3n) is 2.81. The Morgan fingerprint density at radius 3 is 2.76 bits per heavy atom. The number of allylic oxidation sites excluding steroid dienone is 4. The molecule has 1 aliphatic carbocycles. The molecule has 4 heteroatoms. The number of aliphatic hydroxyl groups is 1. The highest BCUT2D eigenvalue weighted by molar-refractivity contribution is 5.96. The molecule has 0 aliphatic heterocycles. The number of aliphatic hydroxyl groups excluding tert-OH is 1. The Morgan fingerprint density at radius 2 is 2.24 bits per heavy atom. The second-order valence-corrected chi connectivity index (χ2v) is 4.08. The van der Waals surface area contributed by atoms with E-state index in [0.29, 0.717) is 0 Å². The second kappa shape index (κ2) is 6.49. The fraction of sp³-hybridized carbons (Fsp3) is 0.462. The summed E-state index contributed by atoms with van der Waals surface area (Å²) in [5.74, 6) is 0.0763. The van der Waals surface area contributed by atoms with Crippen molar-refractivity contribution >= 4 is 5.78 Å². The Balaban J connectivity index is 2.84. The van der Waals surface area contributed by atoms with Gasteiger partial charge in [0.1, 0.15) is 0 Å². The van der Waals surface area contributed by atoms with Gasteiger partial charge in [-0.1, -0.05) is 24.3 Å². The number of ketones is 1. The Morgan fingerprint density at radius 1 is 1.53 bits per heavy atom. The summed E-state index contributed by atoms with van der Waals surface area (Å²) in [6.45, 7) is 1.54. The summed E-state index contributed by atoms with van der Waals surface area (Å²) in [5, 5.41) is 12.3. The molecule has 0 spiro atoms. The van der Waals surface area contributed by atoms with E-state index in [9.17, 15) is 4.79 Å². The smallest absolute Gasteiger partial charge is 0.159 e. The first kappa shape index (κ1) is 13.8. The van der Waals surface area contributed by atoms with Crippen molar-refractivity contribution in [3.8, 4) is 0 Å². The van der Waals surface area contributed by atoms with E-state index in [2.05, 4.69) is 11.4 Å². The van der Waals surface area contributed by atoms with Crippen LogP contribution in [0.3, 0.4) is 0 Å². The van der Waals surface area contributed by atoms with Crippen LogP contribution in [0.4, 0.5) is 0 Å². The molecule has 1 aliphatic rings. The Labute approximate surface area is 102 Å². The monoisotopic (exact) mass is 236 g/mol. The van der Waals surface area contributed by atoms with E-state index in [1.807, 2.05) is 32.3 Å². The van der Waals surface area contributed by atoms with Gasteiger partial charge in [-0.25, -0.2) is 0 Å². The molecule has 0 saturated carbocycles. The molecule has 0 bridgehead atoms. The van der Waals surface area contributed by atoms with Crippen LogP contribution in [0.5, 0.6) is 0 Å². The predicted octanol–water partition coefficient (Wildman–Crippen LogP) is 0.815. The zero-order valence-electron chi connectivity index (χ0n) is 10.6. The van der Waals surface area contributed by atoms with E-state index in [0.717, 1.165) is 17.6 Å². The Kier molecular flexibility index (Phi) is 5.28. The summed E-state index contributed by atoms with van der Waals surface area (Å²) in [7, 11) is 3.68. The van der Waals surface area contributed by atoms with Gasteiger partial charge in [0.15, 0.2) is 5.78 Å². The van der Waals surface area contributed by atoms with Crippen LogP contribution >= 0.6 is 0 Å². The zero-order chi connectivity index (χ0) is 12.8. The summed E-state index contributed by atoms with van der Waals surface area (Å²) < 4.78 is 0. The highest BCUT2D eigenvalue weighted by Crippen LogP contribution is 2.15. The third-order valence-corrected chi connectivity index (χ3v) is 2.81. The molecule has 0 radical (unpaired) electrons. The van der Waals surface area contributed by atoms with Crippen LogP contribution in [0.25, 0.3) is 0 Å². The molecule has 0 heterocycles. The van der Waals surface area contributed by atoms with Crippen molar-refractivity contribution in [3.63, 3.8) is 0 Å². The topological polar surface area (TPSA) is 52.6 Å². The minimum atomic E-state index is -0.0454. The number of carbonyl (C=O) groups is 1. The molecule has 0 fully saturated rings. The standard InChI is InChI=1S/C13H20N2O2/c1-10(17)11-5-4-6-12(8-7-11)13(14-2)15(3)9-16/h5-8,13-14,16H,4,9H2,1-3H3. The quantitative estimate of drug-likeness (QED) is 0.694. The largest absolute Gasteiger partial charge is 0.381 e. The van der Waals surface area contributed by atoms with Crippen molar-refractivity contribution in [1.29, 1.82) is 0 Å². The molecule has 4 nitrogen and oxygen atoms in total. The number of rotatable bonds is 5. The maximum atomic E-state index is 11.3. The van der Waals surface area contributed by atoms with Gasteiger partial charge in [0.05, 0.1) is 12.9 Å². The molecule has 2 N–H and O–H groups in total. The molecule has 0 aromatic heterocycles. The van der Waals surface area contributed by atoms with Crippen LogP contribution in [-0.4, -0.2) is 42.8 Å². The maximum Gasteiger partial charge on any atom is 0.159 e. The second-order valence-electron chi connectivity index (χ2n) is 4.08. The number of Topliss-reactive ketones (excluding diaryl/α,β-unsaturated/α-hetero) is 1. The van der Waals surface area contributed by atoms with Crippen molar-refractivity contribution in [3.05, 3.63) is 35.5 Å². The van der Waals surface area contributed by atoms with E-state index in [1.54, 1.807) is 11.8 Å². The van der Waals surface area contributed by atoms with Gasteiger partial charge in [-0.15, -0.1) is 0 Å². The van der Waals surface area contributed by atoms with Gasteiger partial charge < -0.3 is 10.4 Å². The first-order chi connectivity index (χ1) is 8.10. The molecular weight excluding hydrogens is 216 g/mol. The van der Waals surface area contributed by atoms with Crippen LogP contribution < -0.4 is 5.32 Å². The molecule has 0 amide bonds. The molecule has 17 heavy (non-hydrogen) atoms. The van der Waals surface area contributed by atoms with Gasteiger partial charge >= 0.3 is 0 Å². The van der Waals surface area contributed by atoms with Crippen molar-refractivity contribution in [2.24, 2.45) is 0 Å². The Hall–Kier alpha value is -1.23. The lowest BCUT2D eigenvalue weighted by Crippen LogP contribution is -2.43. The minimum Gasteiger partial charge on any atom is -0.381 e. The molecule has 1 atom stereocenters. The van der Waals surface area contributed by atoms with Crippen molar-refractivity contribution in [1.82, 2.24) is 10.2 Å². The zero-order valence-corrected chi connectivity index (χ0v) is 10.6. The van der Waals surface area contributed by atoms with Crippen molar-refractivity contribution in [2.45, 2.75) is 19.5 Å². The Bertz CT molecular complexity index is 370. The first-order valence-electron chi connectivity index (χ1n) is 5.67. The summed E-state index contributed by atoms with van der Waals surface area (Å²) >= 11 is 0. The summed E-state index contributed by atoms with van der Waals surface area (Å²) in [5.41, 5.74) is 1.79. The minimum absolute atomic E-state index is 0.0241. The van der Waals surface area contributed by atoms with Gasteiger partial charge in [-0.3, -0.25) is 9.69 Å². The highest BCUT2D eigenvalue weighted by Gasteiger charge is 2.15. The SMILES string of the molecule is CNC(C1=CCC=C(C(C)=O)C=C1)N(C)CO. The number of nitrogens with one attached hydrogen (secondary N) is 1. The van der Waals surface area contributed by atoms with Crippen LogP contribution in [0, 0.1) is 0 Å². The molecular formula is C13H20N2O2. The van der Waals surface area contributed by atoms with Gasteiger partial charge in [0, 0.05) is 5.57 Å². The molecule has 0 aromatic rings. The number of nitrogens with zero attached hydrogens (tertiary/aromatic N) is 1. The molecule has 0 aromatic carbocycles. The van der Waals surface area contributed by atoms with Gasteiger partial charge in [0.2, 0.25) is 0 Å². The lowest BCUT2D eigenvalue weighted by molar-refractivity contribution is -0.113. The van der Waals surface area contributed by atoms with E-state index in [-0.39, 0.29) is 18.7 Å². The molecule has 0 saturated heterocycles. The van der Waals surface area contributed by atoms with Gasteiger partial charge in [-0.05, 0) is 33.0 Å². The predicted molar refractivity (Wildman–Crippen MR) is 68.3 cm³/mol. The van der Waals surface area contributed by atoms with Crippen LogP contribution in [0.15, 0.2) is 35.5 Å². The number of likely N-dealkylation sites (N-methyl/N-ethyl adjacent to an activating group) is 2. The summed E-state index contributed by atoms with van der Waals surface area (Å²) in [6, 6.07) is 0. The summed E-state index contributed by atoms with van der Waals surface area (Å²) in [4.78, 5) is 13.1. The number of hydrogen-bond acceptors (Lipinski definition) is 4. The fourth-order valence-electron chi connectivity index (χ4n) is 1.83. The van der Waals surface area contributed by atoms with Crippen molar-refractivity contribution in [2.75, 3.05) is 20.8 Å². The van der Waals surface area contributed by atoms with Crippen LogP contribution in [0.1, 0.15) is 13.3 Å². The maximum absolute atomic E-state index is 11.3. The fourth-order valence-corrected chi connectivity index (χ4v) is 1.83. The lowest BCUT2D eigenvalue weighted by Gasteiger charge is -2.26. The van der Waals surface area contributed by atoms with Crippen molar-refractivity contribution < 1.29 is 9.90 Å². The van der Waals surface area contributed by atoms with E-state index in [1.165, 1.54) is 0 Å². The average molecular weight is 236 g/mol. The number of carbonyl (C=O) groups excluding carboxylic acids is 1. The third kappa shape index (κ3) is 3.63. The normalized spacial score (nSPS) is 17.5. The average Bonchev–Trinajstić information content (AvgIpc) is 2.55. The first-order valence-corrected chi connectivity index (χ1v) is 5.67. The molecule has 94 valence electrons. The van der Waals surface area contributed by atoms with E-state index >= 15 is 0 Å². The van der Waals surface area contributed by atoms with Gasteiger partial charge in [-0.2, -0.15) is 0 Å². The lowest BCUT2D eigenvalue weighted by atomic mass is 10.1. The number of hydrogen-bond donors (Lipinski definition) is 2. The van der Waals surface area contributed by atoms with Crippen LogP contribution in [0.2, 0.25) is 0 Å². The summed E-state index contributed by atoms with van der Waals surface area (Å²) in [6.07, 6.45) is 8.41. The molecule has 1 unspecified atom stereocenters. The van der Waals surface area contributed by atoms with E-state index in [4.69, 9.17) is 5.11 Å².